The van der Waals surface area contributed by atoms with Crippen molar-refractivity contribution in [2.75, 3.05) is 6.54 Å². The van der Waals surface area contributed by atoms with Crippen LogP contribution in [0.1, 0.15) is 88.5 Å². The van der Waals surface area contributed by atoms with E-state index in [4.69, 9.17) is 26.3 Å². The van der Waals surface area contributed by atoms with Crippen LogP contribution in [0.4, 0.5) is 0 Å². The molecule has 0 aromatic heterocycles. The Hall–Kier alpha value is -2.63. The maximum absolute atomic E-state index is 10.1. The van der Waals surface area contributed by atoms with Crippen molar-refractivity contribution in [3.05, 3.63) is 0 Å². The molecule has 0 amide bonds. The lowest BCUT2D eigenvalue weighted by atomic mass is 9.90. The number of rotatable bonds is 6. The summed E-state index contributed by atoms with van der Waals surface area (Å²) in [4.78, 5) is 34.1. The summed E-state index contributed by atoms with van der Waals surface area (Å²) < 4.78 is 0. The molecule has 0 aromatic rings. The molecule has 9 nitrogen and oxygen atoms in total. The number of carboxylic acids is 3. The van der Waals surface area contributed by atoms with Gasteiger partial charge in [0.15, 0.2) is 0 Å². The van der Waals surface area contributed by atoms with Crippen LogP contribution in [0.2, 0.25) is 0 Å². The molecule has 0 aliphatic rings. The lowest BCUT2D eigenvalue weighted by Gasteiger charge is -2.16. The van der Waals surface area contributed by atoms with Gasteiger partial charge in [0.05, 0.1) is 35.7 Å². The van der Waals surface area contributed by atoms with E-state index in [1.165, 1.54) is 0 Å². The van der Waals surface area contributed by atoms with Crippen LogP contribution in [0.3, 0.4) is 0 Å². The standard InChI is InChI=1S/C8H16N2O2.C7H11NO2.C5H10O2.C2H6/c1-8(2,3)7(9)10-5-4-6(11)12;1-7(2,5-8)4-3-6(9)10;1-5(2,3)4(6)7;1-2/h4-5H2,1-3H3,(H2,9,10)(H,11,12);3-4H2,1-2H3,(H,9,10);1-3H3,(H,6,7);1-2H3. The number of amidine groups is 1. The molecule has 182 valence electrons. The molecule has 0 aromatic carbocycles. The van der Waals surface area contributed by atoms with Crippen molar-refractivity contribution < 1.29 is 29.7 Å². The summed E-state index contributed by atoms with van der Waals surface area (Å²) >= 11 is 0. The van der Waals surface area contributed by atoms with Crippen LogP contribution in [-0.2, 0) is 14.4 Å². The highest BCUT2D eigenvalue weighted by Gasteiger charge is 2.19. The van der Waals surface area contributed by atoms with Crippen LogP contribution < -0.4 is 5.73 Å². The lowest BCUT2D eigenvalue weighted by molar-refractivity contribution is -0.146. The van der Waals surface area contributed by atoms with Gasteiger partial charge in [0.2, 0.25) is 0 Å². The Labute approximate surface area is 187 Å². The molecule has 0 saturated heterocycles. The summed E-state index contributed by atoms with van der Waals surface area (Å²) in [7, 11) is 0. The Morgan fingerprint density at radius 1 is 0.839 bits per heavy atom. The summed E-state index contributed by atoms with van der Waals surface area (Å²) in [6.45, 7) is 18.5. The zero-order chi connectivity index (χ0) is 26.1. The van der Waals surface area contributed by atoms with Crippen molar-refractivity contribution >= 4 is 23.7 Å². The van der Waals surface area contributed by atoms with E-state index in [0.29, 0.717) is 12.3 Å². The minimum atomic E-state index is -0.847. The maximum atomic E-state index is 10.1. The normalized spacial score (nSPS) is 11.2. The summed E-state index contributed by atoms with van der Waals surface area (Å²) in [5.74, 6) is -1.94. The summed E-state index contributed by atoms with van der Waals surface area (Å²) in [5, 5.41) is 33.3. The van der Waals surface area contributed by atoms with Gasteiger partial charge in [-0.3, -0.25) is 19.4 Å². The van der Waals surface area contributed by atoms with E-state index in [1.807, 2.05) is 40.7 Å². The second-order valence-electron chi connectivity index (χ2n) is 9.11. The van der Waals surface area contributed by atoms with Gasteiger partial charge in [-0.15, -0.1) is 0 Å². The second kappa shape index (κ2) is 17.1. The van der Waals surface area contributed by atoms with Crippen LogP contribution in [0.15, 0.2) is 4.99 Å². The predicted octanol–water partition coefficient (Wildman–Crippen LogP) is 4.41. The third kappa shape index (κ3) is 29.7. The third-order valence-corrected chi connectivity index (χ3v) is 3.28. The second-order valence-corrected chi connectivity index (χ2v) is 9.11. The Bertz CT molecular complexity index is 606. The molecule has 31 heavy (non-hydrogen) atoms. The SMILES string of the molecule is CC.CC(C)(C#N)CCC(=O)O.CC(C)(C)C(=O)O.CC(C)(C)C(N)=NCCC(=O)O. The third-order valence-electron chi connectivity index (χ3n) is 3.28. The molecule has 5 N–H and O–H groups in total. The fourth-order valence-corrected chi connectivity index (χ4v) is 0.985. The number of nitrogens with zero attached hydrogens (tertiary/aromatic N) is 2. The maximum Gasteiger partial charge on any atom is 0.308 e. The van der Waals surface area contributed by atoms with Crippen LogP contribution >= 0.6 is 0 Å². The van der Waals surface area contributed by atoms with Gasteiger partial charge in [-0.05, 0) is 41.0 Å². The number of nitrogens with two attached hydrogens (primary N) is 1. The van der Waals surface area contributed by atoms with E-state index < -0.39 is 28.7 Å². The van der Waals surface area contributed by atoms with E-state index in [-0.39, 0.29) is 24.8 Å². The van der Waals surface area contributed by atoms with Gasteiger partial charge >= 0.3 is 17.9 Å². The fourth-order valence-electron chi connectivity index (χ4n) is 0.985. The topological polar surface area (TPSA) is 174 Å². The van der Waals surface area contributed by atoms with Crippen molar-refractivity contribution in [1.29, 1.82) is 5.26 Å². The number of hydrogen-bond donors (Lipinski definition) is 4. The van der Waals surface area contributed by atoms with Gasteiger partial charge < -0.3 is 21.1 Å². The van der Waals surface area contributed by atoms with Crippen molar-refractivity contribution in [3.63, 3.8) is 0 Å². The minimum Gasteiger partial charge on any atom is -0.481 e. The van der Waals surface area contributed by atoms with E-state index in [1.54, 1.807) is 34.6 Å². The quantitative estimate of drug-likeness (QED) is 0.343. The van der Waals surface area contributed by atoms with Crippen LogP contribution in [0.5, 0.6) is 0 Å². The highest BCUT2D eigenvalue weighted by Crippen LogP contribution is 2.20. The van der Waals surface area contributed by atoms with Crippen LogP contribution in [-0.4, -0.2) is 45.6 Å². The highest BCUT2D eigenvalue weighted by atomic mass is 16.4. The van der Waals surface area contributed by atoms with E-state index in [0.717, 1.165) is 0 Å². The Kier molecular flexibility index (Phi) is 19.7. The Morgan fingerprint density at radius 3 is 1.42 bits per heavy atom. The number of carbonyl (C=O) groups is 3. The first-order valence-electron chi connectivity index (χ1n) is 10.1. The van der Waals surface area contributed by atoms with E-state index in [9.17, 15) is 14.4 Å². The van der Waals surface area contributed by atoms with Crippen LogP contribution in [0.25, 0.3) is 0 Å². The first-order valence-corrected chi connectivity index (χ1v) is 10.1. The molecule has 0 unspecified atom stereocenters. The van der Waals surface area contributed by atoms with Crippen molar-refractivity contribution in [2.45, 2.75) is 88.5 Å². The fraction of sp³-hybridized carbons (Fsp3) is 0.773. The molecule has 0 spiro atoms. The highest BCUT2D eigenvalue weighted by molar-refractivity contribution is 5.85. The number of hydrogen-bond acceptors (Lipinski definition) is 5. The largest absolute Gasteiger partial charge is 0.481 e. The van der Waals surface area contributed by atoms with Gasteiger partial charge in [-0.25, -0.2) is 0 Å². The van der Waals surface area contributed by atoms with E-state index >= 15 is 0 Å². The average molecular weight is 446 g/mol. The summed E-state index contributed by atoms with van der Waals surface area (Å²) in [6, 6.07) is 2.03. The zero-order valence-corrected chi connectivity index (χ0v) is 20.9. The smallest absolute Gasteiger partial charge is 0.308 e. The molecular formula is C22H43N3O6. The van der Waals surface area contributed by atoms with Gasteiger partial charge in [-0.1, -0.05) is 34.6 Å². The molecular weight excluding hydrogens is 402 g/mol. The average Bonchev–Trinajstić information content (AvgIpc) is 2.61. The van der Waals surface area contributed by atoms with Gasteiger partial charge in [0, 0.05) is 11.8 Å². The molecule has 0 radical (unpaired) electrons. The molecule has 0 bridgehead atoms. The number of aliphatic carboxylic acids is 3. The molecule has 0 saturated carbocycles. The minimum absolute atomic E-state index is 0.0385. The molecule has 0 rings (SSSR count). The van der Waals surface area contributed by atoms with Crippen molar-refractivity contribution in [1.82, 2.24) is 0 Å². The summed E-state index contributed by atoms with van der Waals surface area (Å²) in [5.41, 5.74) is 4.34. The molecule has 0 atom stereocenters. The zero-order valence-electron chi connectivity index (χ0n) is 20.9. The Morgan fingerprint density at radius 2 is 1.19 bits per heavy atom. The van der Waals surface area contributed by atoms with Crippen molar-refractivity contribution in [3.8, 4) is 6.07 Å². The van der Waals surface area contributed by atoms with Crippen LogP contribution in [0, 0.1) is 27.6 Å². The molecule has 0 fully saturated rings. The van der Waals surface area contributed by atoms with Crippen molar-refractivity contribution in [2.24, 2.45) is 27.0 Å². The monoisotopic (exact) mass is 445 g/mol. The lowest BCUT2D eigenvalue weighted by Crippen LogP contribution is -2.29. The van der Waals surface area contributed by atoms with Gasteiger partial charge in [0.1, 0.15) is 0 Å². The summed E-state index contributed by atoms with van der Waals surface area (Å²) in [6.07, 6.45) is 0.524. The molecule has 0 aliphatic heterocycles. The predicted molar refractivity (Wildman–Crippen MR) is 123 cm³/mol. The van der Waals surface area contributed by atoms with Gasteiger partial charge in [0.25, 0.3) is 0 Å². The number of carboxylic acid groups (broad SMARTS) is 3. The number of nitriles is 1. The number of aliphatic imine (C=N–C) groups is 1. The molecule has 9 heteroatoms. The molecule has 0 aliphatic carbocycles. The Balaban J connectivity index is -0.000000174. The first kappa shape index (κ1) is 35.8. The molecule has 0 heterocycles. The van der Waals surface area contributed by atoms with E-state index in [2.05, 4.69) is 4.99 Å². The first-order chi connectivity index (χ1) is 13.8. The van der Waals surface area contributed by atoms with Gasteiger partial charge in [-0.2, -0.15) is 5.26 Å².